The lowest BCUT2D eigenvalue weighted by Gasteiger charge is -2.41. The van der Waals surface area contributed by atoms with Crippen molar-refractivity contribution in [1.82, 2.24) is 44.6 Å². The number of nitrogens with two attached hydrogens (primary N) is 1. The number of ether oxygens (including phenoxy) is 3. The summed E-state index contributed by atoms with van der Waals surface area (Å²) in [7, 11) is 4.80. The highest BCUT2D eigenvalue weighted by atomic mass is 79.9. The molecule has 6 aromatic rings. The summed E-state index contributed by atoms with van der Waals surface area (Å²) >= 11 is 8.26. The van der Waals surface area contributed by atoms with Crippen molar-refractivity contribution in [2.24, 2.45) is 0 Å². The smallest absolute Gasteiger partial charge is 0.254 e. The molecule has 3 saturated carbocycles. The van der Waals surface area contributed by atoms with Gasteiger partial charge in [0.25, 0.3) is 5.91 Å². The van der Waals surface area contributed by atoms with Gasteiger partial charge >= 0.3 is 0 Å². The van der Waals surface area contributed by atoms with Crippen LogP contribution in [0.25, 0.3) is 0 Å². The number of nitrogens with one attached hydrogen (secondary N) is 1. The van der Waals surface area contributed by atoms with Crippen LogP contribution in [-0.4, -0.2) is 192 Å². The number of methoxy groups -OCH3 is 3. The zero-order valence-electron chi connectivity index (χ0n) is 59.3. The van der Waals surface area contributed by atoms with Gasteiger partial charge in [0.1, 0.15) is 35.7 Å². The molecule has 3 aliphatic heterocycles. The van der Waals surface area contributed by atoms with Crippen LogP contribution >= 0.6 is 27.5 Å². The van der Waals surface area contributed by atoms with Crippen LogP contribution < -0.4 is 30.7 Å². The number of nitrogens with zero attached hydrogens (tertiary/aromatic N) is 16. The molecule has 6 fully saturated rings. The first-order valence-electron chi connectivity index (χ1n) is 34.4. The van der Waals surface area contributed by atoms with E-state index in [0.717, 1.165) is 94.9 Å². The maximum atomic E-state index is 12.9. The highest BCUT2D eigenvalue weighted by Gasteiger charge is 2.38. The monoisotopic (exact) mass is 1480 g/mol. The van der Waals surface area contributed by atoms with E-state index in [0.29, 0.717) is 144 Å². The average Bonchev–Trinajstić information content (AvgIpc) is 1.75. The van der Waals surface area contributed by atoms with E-state index >= 15 is 0 Å². The summed E-state index contributed by atoms with van der Waals surface area (Å²) in [6, 6.07) is 23.3. The van der Waals surface area contributed by atoms with E-state index in [-0.39, 0.29) is 47.7 Å². The second-order valence-corrected chi connectivity index (χ2v) is 26.8. The number of allylic oxidation sites excluding steroid dienone is 1. The van der Waals surface area contributed by atoms with Gasteiger partial charge in [0.05, 0.1) is 89.9 Å². The second kappa shape index (κ2) is 38.9. The molecule has 3 atom stereocenters. The predicted molar refractivity (Wildman–Crippen MR) is 399 cm³/mol. The van der Waals surface area contributed by atoms with Gasteiger partial charge in [-0.1, -0.05) is 13.2 Å². The summed E-state index contributed by atoms with van der Waals surface area (Å²) in [5.74, 6) is 3.24. The number of hydrogen-bond acceptors (Lipinski definition) is 22. The minimum absolute atomic E-state index is 0.0267. The number of carbonyl (C=O) groups excluding carboxylic acids is 5. The van der Waals surface area contributed by atoms with Crippen LogP contribution in [0.3, 0.4) is 0 Å². The summed E-state index contributed by atoms with van der Waals surface area (Å²) in [5.41, 5.74) is 13.5. The first kappa shape index (κ1) is 78.8. The number of nitriles is 3. The maximum absolute atomic E-state index is 12.9. The van der Waals surface area contributed by atoms with Gasteiger partial charge in [-0.25, -0.2) is 15.0 Å². The van der Waals surface area contributed by atoms with Crippen LogP contribution in [0.4, 0.5) is 45.9 Å². The number of hydrogen-bond donors (Lipinski definition) is 2. The van der Waals surface area contributed by atoms with E-state index < -0.39 is 5.24 Å². The van der Waals surface area contributed by atoms with E-state index in [1.165, 1.54) is 6.08 Å². The SMILES string of the molecule is C=CC(=O)Cl.C=CC(=O)N(c1ccncc1)c1cc(C#N)c(N2CCN(C(=O)CCOC)[C@H](C)C2)nc1C1CC1.COCCC(=O)N1CCN(c2nc(C3CC3)c(Br)cc2C#N)C[C@H]1C.COCCC(=O)N1CCN(c2nc(C3CC3)c(Nc3ccncc3)cc2C#N)C[C@H]1C.Nc1ccncc1. The number of halogens is 2. The number of aromatic nitrogens is 6. The third-order valence-corrected chi connectivity index (χ3v) is 18.8. The van der Waals surface area contributed by atoms with Crippen LogP contribution in [0.1, 0.15) is 130 Å². The van der Waals surface area contributed by atoms with E-state index in [1.54, 1.807) is 93.7 Å². The van der Waals surface area contributed by atoms with E-state index in [1.807, 2.05) is 59.7 Å². The Morgan fingerprint density at radius 1 is 0.573 bits per heavy atom. The lowest BCUT2D eigenvalue weighted by Crippen LogP contribution is -2.54. The van der Waals surface area contributed by atoms with Crippen molar-refractivity contribution in [3.05, 3.63) is 155 Å². The maximum Gasteiger partial charge on any atom is 0.254 e. The molecule has 28 heteroatoms. The minimum atomic E-state index is -0.509. The summed E-state index contributed by atoms with van der Waals surface area (Å²) in [5, 5.41) is 32.3. The molecule has 0 bridgehead atoms. The lowest BCUT2D eigenvalue weighted by molar-refractivity contribution is -0.135. The topological polar surface area (TPSA) is 322 Å². The first-order valence-corrected chi connectivity index (χ1v) is 35.6. The Morgan fingerprint density at radius 3 is 1.31 bits per heavy atom. The fourth-order valence-electron chi connectivity index (χ4n) is 12.2. The van der Waals surface area contributed by atoms with Crippen molar-refractivity contribution in [2.45, 2.75) is 114 Å². The largest absolute Gasteiger partial charge is 0.399 e. The van der Waals surface area contributed by atoms with Crippen LogP contribution in [0.2, 0.25) is 0 Å². The minimum Gasteiger partial charge on any atom is -0.399 e. The molecule has 0 aromatic carbocycles. The van der Waals surface area contributed by atoms with Gasteiger partial charge in [-0.05, 0) is 154 Å². The fourth-order valence-corrected chi connectivity index (χ4v) is 12.9. The van der Waals surface area contributed by atoms with Crippen LogP contribution in [0.15, 0.2) is 122 Å². The highest BCUT2D eigenvalue weighted by Crippen LogP contribution is 2.48. The Morgan fingerprint density at radius 2 is 0.942 bits per heavy atom. The Bertz CT molecular complexity index is 4040. The van der Waals surface area contributed by atoms with Crippen molar-refractivity contribution in [3.63, 3.8) is 0 Å². The molecule has 6 aliphatic rings. The van der Waals surface area contributed by atoms with Gasteiger partial charge in [-0.2, -0.15) is 15.8 Å². The Labute approximate surface area is 616 Å². The number of nitrogen functional groups attached to an aromatic ring is 1. The molecule has 103 heavy (non-hydrogen) atoms. The molecule has 3 aliphatic carbocycles. The summed E-state index contributed by atoms with van der Waals surface area (Å²) in [6.07, 6.45) is 20.0. The lowest BCUT2D eigenvalue weighted by atomic mass is 10.1. The van der Waals surface area contributed by atoms with Gasteiger partial charge in [0.2, 0.25) is 23.0 Å². The molecular weight excluding hydrogens is 1400 g/mol. The van der Waals surface area contributed by atoms with Crippen molar-refractivity contribution < 1.29 is 38.2 Å². The van der Waals surface area contributed by atoms with Gasteiger partial charge in [0, 0.05) is 169 Å². The van der Waals surface area contributed by atoms with E-state index in [2.05, 4.69) is 82.3 Å². The fraction of sp³-hybridized carbons (Fsp3) is 0.440. The van der Waals surface area contributed by atoms with E-state index in [4.69, 9.17) is 46.5 Å². The first-order chi connectivity index (χ1) is 49.8. The molecular formula is C75H90BrClN18O8. The molecule has 0 unspecified atom stereocenters. The van der Waals surface area contributed by atoms with Crippen molar-refractivity contribution in [2.75, 3.05) is 131 Å². The number of pyridine rings is 6. The molecule has 26 nitrogen and oxygen atoms in total. The van der Waals surface area contributed by atoms with Crippen molar-refractivity contribution in [1.29, 1.82) is 15.8 Å². The average molecular weight is 1490 g/mol. The summed E-state index contributed by atoms with van der Waals surface area (Å²) in [4.78, 5) is 99.9. The van der Waals surface area contributed by atoms with Gasteiger partial charge in [0.15, 0.2) is 0 Å². The Kier molecular flexibility index (Phi) is 29.8. The molecule has 6 aromatic heterocycles. The van der Waals surface area contributed by atoms with Gasteiger partial charge < -0.3 is 54.7 Å². The second-order valence-electron chi connectivity index (χ2n) is 25.5. The molecule has 0 spiro atoms. The highest BCUT2D eigenvalue weighted by molar-refractivity contribution is 9.10. The normalized spacial score (nSPS) is 17.4. The number of anilines is 8. The van der Waals surface area contributed by atoms with Crippen LogP contribution in [0, 0.1) is 34.0 Å². The molecule has 3 N–H and O–H groups in total. The molecule has 542 valence electrons. The number of carbonyl (C=O) groups is 5. The summed E-state index contributed by atoms with van der Waals surface area (Å²) in [6.45, 7) is 19.8. The van der Waals surface area contributed by atoms with Crippen molar-refractivity contribution >= 4 is 102 Å². The number of amides is 4. The summed E-state index contributed by atoms with van der Waals surface area (Å²) < 4.78 is 16.0. The quantitative estimate of drug-likeness (QED) is 0.0499. The molecule has 3 saturated heterocycles. The Hall–Kier alpha value is -9.95. The third kappa shape index (κ3) is 22.0. The zero-order chi connectivity index (χ0) is 74.1. The molecule has 4 amide bonds. The van der Waals surface area contributed by atoms with E-state index in [9.17, 15) is 39.8 Å². The molecule has 12 rings (SSSR count). The standard InChI is InChI=1S/C26H30N6O3.C23H28N6O2.C18H23BrN4O2.C5H6N2.C3H3ClO/c1-4-23(33)32(21-7-10-28-11-8-21)22-15-20(16-27)26(29-25(22)19-5-6-19)30-12-13-31(18(2)17-30)24(34)9-14-35-3;1-16-15-28(10-11-29(16)21(30)7-12-31-2)23-18(14-24)13-20(22(27-23)17-3-4-17)26-19-5-8-25-9-6-19;1-12-11-22(6-7-23(12)16(24)5-8-25-2)18-14(10-20)9-15(19)17(21-18)13-3-4-13;6-5-1-3-7-4-2-5;1-2-3(4)5/h4,7-8,10-11,15,18-19H,1,5-6,9,12-14,17H2,2-3H3;5-6,8-9,13,16-17H,3-4,7,10-12,15H2,1-2H3,(H,25,26);9,12-13H,3-8,11H2,1-2H3;1-4H,(H2,6,7);2H,1H2/t18-;16-;12-;;/m111../s1. The predicted octanol–water partition coefficient (Wildman–Crippen LogP) is 10.5. The zero-order valence-corrected chi connectivity index (χ0v) is 61.6. The molecule has 9 heterocycles. The van der Waals surface area contributed by atoms with Crippen LogP contribution in [0.5, 0.6) is 0 Å². The van der Waals surface area contributed by atoms with Crippen molar-refractivity contribution in [3.8, 4) is 18.2 Å². The van der Waals surface area contributed by atoms with Gasteiger partial charge in [-0.15, -0.1) is 0 Å². The number of piperazine rings is 3. The van der Waals surface area contributed by atoms with Crippen LogP contribution in [-0.2, 0) is 38.2 Å². The Balaban J connectivity index is 0.000000182. The third-order valence-electron chi connectivity index (χ3n) is 18.0. The number of rotatable bonds is 21. The van der Waals surface area contributed by atoms with Gasteiger partial charge in [-0.3, -0.25) is 43.8 Å². The molecule has 0 radical (unpaired) electrons.